The molecule has 1 aromatic heterocycles. The second-order valence-electron chi connectivity index (χ2n) is 6.97. The zero-order valence-electron chi connectivity index (χ0n) is 15.5. The standard InChI is InChI=1S/C22H22N4O2/c27-20(10-9-16-5-2-1-3-6-16)26-13-11-17(12-14-26)22(28)24-19-8-4-7-18-15-23-25-21(18)19/h1-10,15,17H,11-14H2,(H,23,25)(H,24,28)/b10-9+. The lowest BCUT2D eigenvalue weighted by Gasteiger charge is -2.30. The molecule has 0 radical (unpaired) electrons. The summed E-state index contributed by atoms with van der Waals surface area (Å²) < 4.78 is 0. The van der Waals surface area contributed by atoms with E-state index in [1.807, 2.05) is 54.6 Å². The average molecular weight is 374 g/mol. The number of nitrogens with one attached hydrogen (secondary N) is 2. The highest BCUT2D eigenvalue weighted by molar-refractivity contribution is 6.01. The Labute approximate surface area is 163 Å². The number of aromatic amines is 1. The molecule has 3 aromatic rings. The summed E-state index contributed by atoms with van der Waals surface area (Å²) in [5.74, 6) is -0.112. The molecule has 1 fully saturated rings. The fourth-order valence-electron chi connectivity index (χ4n) is 3.51. The number of likely N-dealkylation sites (tertiary alicyclic amines) is 1. The quantitative estimate of drug-likeness (QED) is 0.687. The Morgan fingerprint density at radius 1 is 1.07 bits per heavy atom. The van der Waals surface area contributed by atoms with Crippen LogP contribution in [-0.4, -0.2) is 40.0 Å². The van der Waals surface area contributed by atoms with E-state index in [0.717, 1.165) is 22.2 Å². The molecule has 2 heterocycles. The SMILES string of the molecule is O=C(Nc1cccc2cn[nH]c12)C1CCN(C(=O)/C=C/c2ccccc2)CC1. The first kappa shape index (κ1) is 18.0. The van der Waals surface area contributed by atoms with Crippen LogP contribution in [0.1, 0.15) is 18.4 Å². The summed E-state index contributed by atoms with van der Waals surface area (Å²) in [5, 5.41) is 10.9. The van der Waals surface area contributed by atoms with Crippen LogP contribution in [0.5, 0.6) is 0 Å². The number of carbonyl (C=O) groups is 2. The maximum Gasteiger partial charge on any atom is 0.246 e. The minimum Gasteiger partial charge on any atom is -0.339 e. The minimum atomic E-state index is -0.0969. The van der Waals surface area contributed by atoms with E-state index < -0.39 is 0 Å². The Balaban J connectivity index is 1.32. The van der Waals surface area contributed by atoms with Crippen LogP contribution in [-0.2, 0) is 9.59 Å². The number of amides is 2. The van der Waals surface area contributed by atoms with Gasteiger partial charge in [0.1, 0.15) is 0 Å². The normalized spacial score (nSPS) is 15.2. The summed E-state index contributed by atoms with van der Waals surface area (Å²) in [4.78, 5) is 26.8. The fourth-order valence-corrected chi connectivity index (χ4v) is 3.51. The Bertz CT molecular complexity index is 1000. The number of benzene rings is 2. The van der Waals surface area contributed by atoms with Crippen molar-refractivity contribution in [2.75, 3.05) is 18.4 Å². The van der Waals surface area contributed by atoms with Gasteiger partial charge in [0.05, 0.1) is 17.4 Å². The van der Waals surface area contributed by atoms with Gasteiger partial charge in [-0.3, -0.25) is 14.7 Å². The van der Waals surface area contributed by atoms with E-state index in [2.05, 4.69) is 15.5 Å². The van der Waals surface area contributed by atoms with E-state index in [1.54, 1.807) is 17.2 Å². The van der Waals surface area contributed by atoms with Crippen molar-refractivity contribution >= 4 is 34.5 Å². The Morgan fingerprint density at radius 3 is 2.64 bits per heavy atom. The molecule has 1 saturated heterocycles. The predicted octanol–water partition coefficient (Wildman–Crippen LogP) is 3.45. The lowest BCUT2D eigenvalue weighted by molar-refractivity contribution is -0.130. The number of aromatic nitrogens is 2. The molecule has 2 aromatic carbocycles. The van der Waals surface area contributed by atoms with Crippen LogP contribution < -0.4 is 5.32 Å². The molecule has 6 heteroatoms. The third-order valence-corrected chi connectivity index (χ3v) is 5.13. The highest BCUT2D eigenvalue weighted by atomic mass is 16.2. The van der Waals surface area contributed by atoms with Crippen LogP contribution in [0.15, 0.2) is 60.8 Å². The molecule has 0 unspecified atom stereocenters. The predicted molar refractivity (Wildman–Crippen MR) is 110 cm³/mol. The van der Waals surface area contributed by atoms with Gasteiger partial charge in [0.15, 0.2) is 0 Å². The Morgan fingerprint density at radius 2 is 1.86 bits per heavy atom. The zero-order valence-corrected chi connectivity index (χ0v) is 15.5. The molecule has 2 N–H and O–H groups in total. The van der Waals surface area contributed by atoms with Crippen molar-refractivity contribution in [1.82, 2.24) is 15.1 Å². The zero-order chi connectivity index (χ0) is 19.3. The molecule has 0 saturated carbocycles. The molecule has 0 atom stereocenters. The van der Waals surface area contributed by atoms with Gasteiger partial charge in [0.2, 0.25) is 11.8 Å². The second-order valence-corrected chi connectivity index (χ2v) is 6.97. The van der Waals surface area contributed by atoms with Gasteiger partial charge >= 0.3 is 0 Å². The Kier molecular flexibility index (Phi) is 5.19. The number of hydrogen-bond donors (Lipinski definition) is 2. The third-order valence-electron chi connectivity index (χ3n) is 5.13. The summed E-state index contributed by atoms with van der Waals surface area (Å²) in [6.07, 6.45) is 6.49. The van der Waals surface area contributed by atoms with Crippen LogP contribution in [0.2, 0.25) is 0 Å². The molecule has 0 spiro atoms. The molecular formula is C22H22N4O2. The van der Waals surface area contributed by atoms with E-state index in [9.17, 15) is 9.59 Å². The van der Waals surface area contributed by atoms with Crippen LogP contribution in [0.4, 0.5) is 5.69 Å². The molecule has 4 rings (SSSR count). The van der Waals surface area contributed by atoms with E-state index in [0.29, 0.717) is 25.9 Å². The van der Waals surface area contributed by atoms with Crippen molar-refractivity contribution in [2.45, 2.75) is 12.8 Å². The summed E-state index contributed by atoms with van der Waals surface area (Å²) in [6.45, 7) is 1.18. The largest absolute Gasteiger partial charge is 0.339 e. The molecular weight excluding hydrogens is 352 g/mol. The number of anilines is 1. The van der Waals surface area contributed by atoms with Gasteiger partial charge < -0.3 is 10.2 Å². The number of para-hydroxylation sites is 1. The molecule has 1 aliphatic rings. The number of hydrogen-bond acceptors (Lipinski definition) is 3. The van der Waals surface area contributed by atoms with Crippen molar-refractivity contribution in [1.29, 1.82) is 0 Å². The van der Waals surface area contributed by atoms with Crippen molar-refractivity contribution < 1.29 is 9.59 Å². The van der Waals surface area contributed by atoms with E-state index in [-0.39, 0.29) is 17.7 Å². The number of H-pyrrole nitrogens is 1. The summed E-state index contributed by atoms with van der Waals surface area (Å²) in [5.41, 5.74) is 2.57. The summed E-state index contributed by atoms with van der Waals surface area (Å²) >= 11 is 0. The molecule has 2 amide bonds. The van der Waals surface area contributed by atoms with Crippen molar-refractivity contribution in [2.24, 2.45) is 5.92 Å². The molecule has 1 aliphatic heterocycles. The first-order valence-electron chi connectivity index (χ1n) is 9.46. The van der Waals surface area contributed by atoms with Crippen LogP contribution >= 0.6 is 0 Å². The van der Waals surface area contributed by atoms with Crippen molar-refractivity contribution in [3.63, 3.8) is 0 Å². The number of rotatable bonds is 4. The number of nitrogens with zero attached hydrogens (tertiary/aromatic N) is 2. The smallest absolute Gasteiger partial charge is 0.246 e. The van der Waals surface area contributed by atoms with Crippen LogP contribution in [0.25, 0.3) is 17.0 Å². The van der Waals surface area contributed by atoms with Gasteiger partial charge in [-0.25, -0.2) is 0 Å². The van der Waals surface area contributed by atoms with Crippen LogP contribution in [0, 0.1) is 5.92 Å². The lowest BCUT2D eigenvalue weighted by Crippen LogP contribution is -2.40. The second kappa shape index (κ2) is 8.08. The van der Waals surface area contributed by atoms with E-state index >= 15 is 0 Å². The number of carbonyl (C=O) groups excluding carboxylic acids is 2. The van der Waals surface area contributed by atoms with E-state index in [4.69, 9.17) is 0 Å². The highest BCUT2D eigenvalue weighted by Crippen LogP contribution is 2.24. The average Bonchev–Trinajstić information content (AvgIpc) is 3.23. The molecule has 0 aliphatic carbocycles. The van der Waals surface area contributed by atoms with Gasteiger partial charge in [-0.2, -0.15) is 5.10 Å². The van der Waals surface area contributed by atoms with E-state index in [1.165, 1.54) is 0 Å². The number of fused-ring (bicyclic) bond motifs is 1. The van der Waals surface area contributed by atoms with Gasteiger partial charge in [-0.15, -0.1) is 0 Å². The summed E-state index contributed by atoms with van der Waals surface area (Å²) in [7, 11) is 0. The monoisotopic (exact) mass is 374 g/mol. The number of piperidine rings is 1. The van der Waals surface area contributed by atoms with Gasteiger partial charge in [0.25, 0.3) is 0 Å². The third kappa shape index (κ3) is 3.96. The minimum absolute atomic E-state index is 0.00553. The van der Waals surface area contributed by atoms with Gasteiger partial charge in [0, 0.05) is 30.5 Å². The molecule has 142 valence electrons. The maximum absolute atomic E-state index is 12.7. The van der Waals surface area contributed by atoms with Gasteiger partial charge in [-0.1, -0.05) is 42.5 Å². The Hall–Kier alpha value is -3.41. The molecule has 0 bridgehead atoms. The topological polar surface area (TPSA) is 78.1 Å². The van der Waals surface area contributed by atoms with Crippen molar-refractivity contribution in [3.05, 3.63) is 66.4 Å². The van der Waals surface area contributed by atoms with Crippen LogP contribution in [0.3, 0.4) is 0 Å². The maximum atomic E-state index is 12.7. The fraction of sp³-hybridized carbons (Fsp3) is 0.227. The molecule has 28 heavy (non-hydrogen) atoms. The highest BCUT2D eigenvalue weighted by Gasteiger charge is 2.27. The first-order valence-corrected chi connectivity index (χ1v) is 9.46. The first-order chi connectivity index (χ1) is 13.7. The summed E-state index contributed by atoms with van der Waals surface area (Å²) in [6, 6.07) is 15.5. The van der Waals surface area contributed by atoms with Crippen molar-refractivity contribution in [3.8, 4) is 0 Å². The lowest BCUT2D eigenvalue weighted by atomic mass is 9.95. The molecule has 6 nitrogen and oxygen atoms in total. The van der Waals surface area contributed by atoms with Gasteiger partial charge in [-0.05, 0) is 30.5 Å².